The van der Waals surface area contributed by atoms with E-state index in [1.807, 2.05) is 0 Å². The highest BCUT2D eigenvalue weighted by Crippen LogP contribution is 2.50. The van der Waals surface area contributed by atoms with Gasteiger partial charge in [-0.05, 0) is 37.6 Å². The quantitative estimate of drug-likeness (QED) is 0.252. The van der Waals surface area contributed by atoms with Gasteiger partial charge in [0, 0.05) is 53.9 Å². The summed E-state index contributed by atoms with van der Waals surface area (Å²) in [5.74, 6) is -0.817. The number of rotatable bonds is 5. The molecule has 43 heavy (non-hydrogen) atoms. The fourth-order valence-electron chi connectivity index (χ4n) is 5.93. The van der Waals surface area contributed by atoms with Crippen molar-refractivity contribution in [2.45, 2.75) is 43.0 Å². The number of methoxy groups -OCH3 is 1. The summed E-state index contributed by atoms with van der Waals surface area (Å²) in [6, 6.07) is 4.33. The lowest BCUT2D eigenvalue weighted by Crippen LogP contribution is -2.59. The summed E-state index contributed by atoms with van der Waals surface area (Å²) in [7, 11) is 18.3. The number of aromatic nitrogens is 2. The van der Waals surface area contributed by atoms with Crippen LogP contribution in [0.4, 0.5) is 23.4 Å². The molecule has 6 radical (unpaired) electrons. The van der Waals surface area contributed by atoms with Gasteiger partial charge in [-0.2, -0.15) is 23.5 Å². The van der Waals surface area contributed by atoms with Gasteiger partial charge in [-0.15, -0.1) is 11.8 Å². The first-order valence-corrected chi connectivity index (χ1v) is 14.4. The number of carbonyl (C=O) groups excluding carboxylic acids is 1. The van der Waals surface area contributed by atoms with Gasteiger partial charge in [-0.3, -0.25) is 9.36 Å². The van der Waals surface area contributed by atoms with Crippen molar-refractivity contribution < 1.29 is 27.1 Å². The van der Waals surface area contributed by atoms with E-state index in [-0.39, 0.29) is 63.5 Å². The molecule has 0 aliphatic carbocycles. The zero-order chi connectivity index (χ0) is 31.4. The average molecular weight is 606 g/mol. The Bertz CT molecular complexity index is 1670. The molecule has 3 atom stereocenters. The maximum atomic E-state index is 14.7. The van der Waals surface area contributed by atoms with Crippen LogP contribution in [0.3, 0.4) is 0 Å². The molecular weight excluding hydrogens is 581 g/mol. The number of amides is 1. The van der Waals surface area contributed by atoms with Crippen LogP contribution in [0.1, 0.15) is 25.5 Å². The molecule has 3 heterocycles. The number of thioether (sulfide) groups is 1. The largest absolute Gasteiger partial charge is 0.417 e. The van der Waals surface area contributed by atoms with E-state index in [2.05, 4.69) is 4.98 Å². The van der Waals surface area contributed by atoms with Crippen LogP contribution >= 0.6 is 11.8 Å². The van der Waals surface area contributed by atoms with E-state index in [0.717, 1.165) is 18.2 Å². The molecule has 218 valence electrons. The summed E-state index contributed by atoms with van der Waals surface area (Å²) < 4.78 is 64.7. The second-order valence-electron chi connectivity index (χ2n) is 10.7. The van der Waals surface area contributed by atoms with Crippen molar-refractivity contribution in [1.29, 1.82) is 0 Å². The number of halogens is 4. The molecule has 0 unspecified atom stereocenters. The number of alkyl halides is 3. The Hall–Kier alpha value is -3.19. The topological polar surface area (TPSA) is 67.7 Å². The van der Waals surface area contributed by atoms with Crippen LogP contribution in [-0.4, -0.2) is 88.5 Å². The molecule has 7 nitrogen and oxygen atoms in total. The summed E-state index contributed by atoms with van der Waals surface area (Å²) in [6.45, 7) is 3.92. The second kappa shape index (κ2) is 11.7. The van der Waals surface area contributed by atoms with Gasteiger partial charge in [-0.1, -0.05) is 17.6 Å². The molecule has 1 amide bonds. The van der Waals surface area contributed by atoms with Crippen LogP contribution in [-0.2, 0) is 15.7 Å². The lowest BCUT2D eigenvalue weighted by atomic mass is 9.69. The Labute approximate surface area is 253 Å². The van der Waals surface area contributed by atoms with E-state index in [0.29, 0.717) is 5.52 Å². The third-order valence-corrected chi connectivity index (χ3v) is 8.96. The molecule has 2 aromatic carbocycles. The normalized spacial score (nSPS) is 20.4. The SMILES string of the molecule is [B]C([B])=C([B])C(=O)N1[C@H](C)CN(c2nc(=O)n3c4c(c(-c5ccc(F)cc5)c(C(F)(F)F)cc24)SC[C@@H]3COC)C[C@@H]1C. The highest BCUT2D eigenvalue weighted by atomic mass is 32.2. The summed E-state index contributed by atoms with van der Waals surface area (Å²) in [5, 5.41) is -0.185. The van der Waals surface area contributed by atoms with Gasteiger partial charge in [0.15, 0.2) is 0 Å². The predicted octanol–water partition coefficient (Wildman–Crippen LogP) is 3.61. The minimum atomic E-state index is -4.78. The molecule has 0 saturated carbocycles. The minimum Gasteiger partial charge on any atom is -0.383 e. The molecule has 2 aliphatic heterocycles. The van der Waals surface area contributed by atoms with Gasteiger partial charge >= 0.3 is 11.9 Å². The zero-order valence-corrected chi connectivity index (χ0v) is 24.4. The number of anilines is 1. The number of benzene rings is 2. The van der Waals surface area contributed by atoms with Crippen molar-refractivity contribution in [2.24, 2.45) is 0 Å². The molecule has 5 rings (SSSR count). The number of carbonyl (C=O) groups is 1. The van der Waals surface area contributed by atoms with Gasteiger partial charge in [0.25, 0.3) is 0 Å². The van der Waals surface area contributed by atoms with Crippen LogP contribution in [0.25, 0.3) is 22.0 Å². The number of piperazine rings is 1. The fourth-order valence-corrected chi connectivity index (χ4v) is 7.25. The number of hydrogen-bond donors (Lipinski definition) is 0. The maximum Gasteiger partial charge on any atom is 0.417 e. The first-order valence-electron chi connectivity index (χ1n) is 13.4. The van der Waals surface area contributed by atoms with Gasteiger partial charge < -0.3 is 14.5 Å². The Morgan fingerprint density at radius 3 is 2.30 bits per heavy atom. The van der Waals surface area contributed by atoms with Gasteiger partial charge in [0.1, 0.15) is 19.5 Å². The summed E-state index contributed by atoms with van der Waals surface area (Å²) in [4.78, 5) is 34.4. The van der Waals surface area contributed by atoms with E-state index in [9.17, 15) is 27.2 Å². The highest BCUT2D eigenvalue weighted by Gasteiger charge is 2.40. The third kappa shape index (κ3) is 5.61. The second-order valence-corrected chi connectivity index (χ2v) is 11.8. The highest BCUT2D eigenvalue weighted by molar-refractivity contribution is 7.99. The molecule has 3 aromatic rings. The van der Waals surface area contributed by atoms with Gasteiger partial charge in [0.2, 0.25) is 5.91 Å². The van der Waals surface area contributed by atoms with Crippen molar-refractivity contribution in [1.82, 2.24) is 14.5 Å². The Morgan fingerprint density at radius 1 is 1.12 bits per heavy atom. The predicted molar refractivity (Wildman–Crippen MR) is 160 cm³/mol. The van der Waals surface area contributed by atoms with Crippen LogP contribution in [0.5, 0.6) is 0 Å². The molecule has 1 saturated heterocycles. The lowest BCUT2D eigenvalue weighted by Gasteiger charge is -2.45. The standard InChI is InChI=1S/C28H25B3F4N4O3S/c1-13-9-37(10-14(2)38(13)26(40)21(29)24(30)31)25-18-8-19(28(33,34)35)20(15-4-6-16(32)7-5-15)23-22(18)39(27(41)36-25)17(11-42-3)12-43-23/h4-8,13-14,17H,9-12H2,1-3H3/t13-,14+,17-/m0/s1. The number of nitrogens with zero attached hydrogens (tertiary/aromatic N) is 4. The van der Waals surface area contributed by atoms with Crippen LogP contribution in [0.2, 0.25) is 0 Å². The number of ether oxygens (including phenoxy) is 1. The molecule has 0 N–H and O–H groups in total. The first-order chi connectivity index (χ1) is 20.2. The van der Waals surface area contributed by atoms with Crippen LogP contribution < -0.4 is 10.6 Å². The average Bonchev–Trinajstić information content (AvgIpc) is 2.94. The smallest absolute Gasteiger partial charge is 0.383 e. The fraction of sp³-hybridized carbons (Fsp3) is 0.393. The molecular formula is C28H25B3F4N4O3S. The van der Waals surface area contributed by atoms with Crippen LogP contribution in [0.15, 0.2) is 50.9 Å². The summed E-state index contributed by atoms with van der Waals surface area (Å²) in [5.41, 5.74) is -1.54. The van der Waals surface area contributed by atoms with Crippen molar-refractivity contribution in [2.75, 3.05) is 37.5 Å². The van der Waals surface area contributed by atoms with Gasteiger partial charge in [0.05, 0.1) is 39.4 Å². The van der Waals surface area contributed by atoms with Crippen molar-refractivity contribution >= 4 is 57.9 Å². The van der Waals surface area contributed by atoms with Crippen molar-refractivity contribution in [3.63, 3.8) is 0 Å². The molecule has 2 aliphatic rings. The minimum absolute atomic E-state index is 0.0694. The Kier molecular flexibility index (Phi) is 8.52. The van der Waals surface area contributed by atoms with Crippen molar-refractivity contribution in [3.05, 3.63) is 63.0 Å². The summed E-state index contributed by atoms with van der Waals surface area (Å²) in [6.07, 6.45) is -4.78. The maximum absolute atomic E-state index is 14.7. The molecule has 0 bridgehead atoms. The molecule has 0 spiro atoms. The van der Waals surface area contributed by atoms with Gasteiger partial charge in [-0.25, -0.2) is 9.18 Å². The van der Waals surface area contributed by atoms with Crippen molar-refractivity contribution in [3.8, 4) is 11.1 Å². The Balaban J connectivity index is 1.75. The van der Waals surface area contributed by atoms with E-state index >= 15 is 0 Å². The molecule has 1 fully saturated rings. The van der Waals surface area contributed by atoms with E-state index in [1.165, 1.54) is 40.5 Å². The molecule has 15 heteroatoms. The summed E-state index contributed by atoms with van der Waals surface area (Å²) >= 11 is 1.19. The van der Waals surface area contributed by atoms with E-state index in [4.69, 9.17) is 28.3 Å². The first kappa shape index (κ1) is 31.2. The monoisotopic (exact) mass is 606 g/mol. The molecule has 1 aromatic heterocycles. The number of hydrogen-bond acceptors (Lipinski definition) is 6. The Morgan fingerprint density at radius 2 is 1.74 bits per heavy atom. The van der Waals surface area contributed by atoms with E-state index in [1.54, 1.807) is 18.7 Å². The lowest BCUT2D eigenvalue weighted by molar-refractivity contribution is -0.137. The zero-order valence-electron chi connectivity index (χ0n) is 23.6. The third-order valence-electron chi connectivity index (χ3n) is 7.72. The van der Waals surface area contributed by atoms with Crippen LogP contribution in [0, 0.1) is 5.82 Å². The van der Waals surface area contributed by atoms with E-state index < -0.39 is 47.3 Å².